The number of carboxylic acid groups (broad SMARTS) is 1. The van der Waals surface area contributed by atoms with E-state index in [4.69, 9.17) is 5.11 Å². The maximum absolute atomic E-state index is 13.1. The zero-order chi connectivity index (χ0) is 17.2. The van der Waals surface area contributed by atoms with Gasteiger partial charge in [0, 0.05) is 4.90 Å². The Hall–Kier alpha value is -2.06. The first-order valence-corrected chi connectivity index (χ1v) is 9.15. The van der Waals surface area contributed by atoms with Gasteiger partial charge in [0.1, 0.15) is 5.82 Å². The number of rotatable bonds is 5. The van der Waals surface area contributed by atoms with Crippen LogP contribution in [0.2, 0.25) is 0 Å². The first-order chi connectivity index (χ1) is 10.7. The molecule has 0 aromatic heterocycles. The smallest absolute Gasteiger partial charge is 0.335 e. The molecular formula is C15H14FNO4S2. The van der Waals surface area contributed by atoms with Gasteiger partial charge in [-0.1, -0.05) is 0 Å². The van der Waals surface area contributed by atoms with Gasteiger partial charge in [-0.15, -0.1) is 11.8 Å². The number of hydrogen-bond donors (Lipinski definition) is 2. The number of nitrogens with one attached hydrogen (secondary N) is 1. The summed E-state index contributed by atoms with van der Waals surface area (Å²) in [4.78, 5) is 11.4. The minimum absolute atomic E-state index is 0.0340. The van der Waals surface area contributed by atoms with Crippen molar-refractivity contribution in [2.75, 3.05) is 11.0 Å². The zero-order valence-corrected chi connectivity index (χ0v) is 14.0. The van der Waals surface area contributed by atoms with Crippen molar-refractivity contribution >= 4 is 33.4 Å². The number of hydrogen-bond acceptors (Lipinski definition) is 4. The lowest BCUT2D eigenvalue weighted by molar-refractivity contribution is 0.0696. The van der Waals surface area contributed by atoms with Gasteiger partial charge in [0.25, 0.3) is 10.0 Å². The third-order valence-electron chi connectivity index (χ3n) is 3.12. The van der Waals surface area contributed by atoms with Crippen LogP contribution in [0.25, 0.3) is 0 Å². The number of thioether (sulfide) groups is 1. The largest absolute Gasteiger partial charge is 0.478 e. The topological polar surface area (TPSA) is 83.5 Å². The van der Waals surface area contributed by atoms with E-state index in [9.17, 15) is 17.6 Å². The molecule has 2 rings (SSSR count). The number of aromatic carboxylic acids is 1. The van der Waals surface area contributed by atoms with Crippen molar-refractivity contribution in [3.05, 3.63) is 53.3 Å². The van der Waals surface area contributed by atoms with E-state index in [2.05, 4.69) is 4.72 Å². The van der Waals surface area contributed by atoms with E-state index in [1.165, 1.54) is 43.0 Å². The van der Waals surface area contributed by atoms with E-state index in [0.29, 0.717) is 4.90 Å². The fourth-order valence-electron chi connectivity index (χ4n) is 2.02. The van der Waals surface area contributed by atoms with Crippen LogP contribution in [0.1, 0.15) is 15.9 Å². The Bertz CT molecular complexity index is 866. The maximum Gasteiger partial charge on any atom is 0.335 e. The third-order valence-corrected chi connectivity index (χ3v) is 5.42. The summed E-state index contributed by atoms with van der Waals surface area (Å²) in [5, 5.41) is 8.99. The summed E-state index contributed by atoms with van der Waals surface area (Å²) in [5.74, 6) is -1.61. The zero-order valence-electron chi connectivity index (χ0n) is 12.3. The van der Waals surface area contributed by atoms with Crippen molar-refractivity contribution < 1.29 is 22.7 Å². The number of sulfonamides is 1. The summed E-state index contributed by atoms with van der Waals surface area (Å²) >= 11 is 1.22. The van der Waals surface area contributed by atoms with Crippen LogP contribution < -0.4 is 4.72 Å². The first-order valence-electron chi connectivity index (χ1n) is 6.45. The highest BCUT2D eigenvalue weighted by Crippen LogP contribution is 2.29. The molecule has 0 aliphatic rings. The normalized spacial score (nSPS) is 11.3. The molecule has 0 fully saturated rings. The van der Waals surface area contributed by atoms with Crippen molar-refractivity contribution in [2.45, 2.75) is 16.7 Å². The van der Waals surface area contributed by atoms with Crippen LogP contribution in [0, 0.1) is 12.7 Å². The second-order valence-electron chi connectivity index (χ2n) is 4.74. The van der Waals surface area contributed by atoms with E-state index >= 15 is 0 Å². The molecule has 0 radical (unpaired) electrons. The molecule has 0 amide bonds. The Morgan fingerprint density at radius 1 is 1.22 bits per heavy atom. The molecule has 2 aromatic rings. The second kappa shape index (κ2) is 6.59. The Labute approximate surface area is 137 Å². The molecule has 0 bridgehead atoms. The molecule has 0 aliphatic heterocycles. The van der Waals surface area contributed by atoms with Gasteiger partial charge in [0.2, 0.25) is 0 Å². The van der Waals surface area contributed by atoms with E-state index in [0.717, 1.165) is 12.1 Å². The fourth-order valence-corrected chi connectivity index (χ4v) is 3.98. The first kappa shape index (κ1) is 17.3. The standard InChI is InChI=1S/C15H14FNO4S2/c1-9-7-11(16)4-6-14(9)23(20,21)17-12-5-3-10(15(18)19)8-13(12)22-2/h3-8,17H,1-2H3,(H,18,19). The summed E-state index contributed by atoms with van der Waals surface area (Å²) in [5.41, 5.74) is 0.617. The van der Waals surface area contributed by atoms with E-state index < -0.39 is 21.8 Å². The van der Waals surface area contributed by atoms with Crippen molar-refractivity contribution in [3.8, 4) is 0 Å². The predicted molar refractivity (Wildman–Crippen MR) is 87.1 cm³/mol. The lowest BCUT2D eigenvalue weighted by Gasteiger charge is -2.13. The van der Waals surface area contributed by atoms with Gasteiger partial charge >= 0.3 is 5.97 Å². The van der Waals surface area contributed by atoms with Gasteiger partial charge in [0.05, 0.1) is 16.1 Å². The third kappa shape index (κ3) is 3.83. The van der Waals surface area contributed by atoms with Crippen molar-refractivity contribution in [3.63, 3.8) is 0 Å². The van der Waals surface area contributed by atoms with Crippen LogP contribution in [0.3, 0.4) is 0 Å². The number of halogens is 1. The summed E-state index contributed by atoms with van der Waals surface area (Å²) in [6, 6.07) is 7.50. The minimum atomic E-state index is -3.90. The molecule has 5 nitrogen and oxygen atoms in total. The molecular weight excluding hydrogens is 341 g/mol. The van der Waals surface area contributed by atoms with Gasteiger partial charge in [-0.25, -0.2) is 17.6 Å². The van der Waals surface area contributed by atoms with Crippen LogP contribution in [-0.4, -0.2) is 25.7 Å². The highest BCUT2D eigenvalue weighted by atomic mass is 32.2. The number of aryl methyl sites for hydroxylation is 1. The molecule has 2 aromatic carbocycles. The van der Waals surface area contributed by atoms with E-state index in [-0.39, 0.29) is 21.7 Å². The average Bonchev–Trinajstić information content (AvgIpc) is 2.46. The molecule has 0 spiro atoms. The lowest BCUT2D eigenvalue weighted by Crippen LogP contribution is -2.15. The SMILES string of the molecule is CSc1cc(C(=O)O)ccc1NS(=O)(=O)c1ccc(F)cc1C. The summed E-state index contributed by atoms with van der Waals surface area (Å²) in [7, 11) is -3.90. The minimum Gasteiger partial charge on any atom is -0.478 e. The molecule has 122 valence electrons. The second-order valence-corrected chi connectivity index (χ2v) is 7.23. The van der Waals surface area contributed by atoms with Gasteiger partial charge in [-0.05, 0) is 55.1 Å². The number of carbonyl (C=O) groups is 1. The number of carboxylic acids is 1. The quantitative estimate of drug-likeness (QED) is 0.804. The van der Waals surface area contributed by atoms with E-state index in [1.54, 1.807) is 6.26 Å². The van der Waals surface area contributed by atoms with Crippen molar-refractivity contribution in [1.29, 1.82) is 0 Å². The molecule has 0 saturated carbocycles. The molecule has 23 heavy (non-hydrogen) atoms. The van der Waals surface area contributed by atoms with Gasteiger partial charge in [0.15, 0.2) is 0 Å². The Kier molecular flexibility index (Phi) is 4.96. The van der Waals surface area contributed by atoms with Crippen LogP contribution in [-0.2, 0) is 10.0 Å². The Morgan fingerprint density at radius 3 is 2.48 bits per heavy atom. The van der Waals surface area contributed by atoms with Crippen LogP contribution in [0.15, 0.2) is 46.2 Å². The van der Waals surface area contributed by atoms with Crippen LogP contribution in [0.5, 0.6) is 0 Å². The Balaban J connectivity index is 2.43. The molecule has 0 aliphatic carbocycles. The molecule has 0 atom stereocenters. The monoisotopic (exact) mass is 355 g/mol. The van der Waals surface area contributed by atoms with Crippen molar-refractivity contribution in [1.82, 2.24) is 0 Å². The fraction of sp³-hybridized carbons (Fsp3) is 0.133. The molecule has 0 unspecified atom stereocenters. The number of benzene rings is 2. The molecule has 2 N–H and O–H groups in total. The highest BCUT2D eigenvalue weighted by molar-refractivity contribution is 7.99. The lowest BCUT2D eigenvalue weighted by atomic mass is 10.2. The van der Waals surface area contributed by atoms with Crippen LogP contribution in [0.4, 0.5) is 10.1 Å². The van der Waals surface area contributed by atoms with Gasteiger partial charge in [-0.2, -0.15) is 0 Å². The molecule has 8 heteroatoms. The van der Waals surface area contributed by atoms with E-state index in [1.807, 2.05) is 0 Å². The molecule has 0 heterocycles. The van der Waals surface area contributed by atoms with Gasteiger partial charge < -0.3 is 5.11 Å². The number of anilines is 1. The predicted octanol–water partition coefficient (Wildman–Crippen LogP) is 3.36. The maximum atomic E-state index is 13.1. The average molecular weight is 355 g/mol. The summed E-state index contributed by atoms with van der Waals surface area (Å²) in [6.07, 6.45) is 1.71. The summed E-state index contributed by atoms with van der Waals surface area (Å²) in [6.45, 7) is 1.50. The molecule has 0 saturated heterocycles. The van der Waals surface area contributed by atoms with Crippen molar-refractivity contribution in [2.24, 2.45) is 0 Å². The summed E-state index contributed by atoms with van der Waals surface area (Å²) < 4.78 is 40.5. The highest BCUT2D eigenvalue weighted by Gasteiger charge is 2.19. The van der Waals surface area contributed by atoms with Gasteiger partial charge in [-0.3, -0.25) is 4.72 Å². The Morgan fingerprint density at radius 2 is 1.91 bits per heavy atom. The van der Waals surface area contributed by atoms with Crippen LogP contribution >= 0.6 is 11.8 Å².